The highest BCUT2D eigenvalue weighted by molar-refractivity contribution is 8.26. The molecular weight excluding hydrogens is 554 g/mol. The van der Waals surface area contributed by atoms with Crippen LogP contribution in [-0.2, 0) is 9.53 Å². The van der Waals surface area contributed by atoms with Crippen LogP contribution in [0.1, 0.15) is 24.0 Å². The summed E-state index contributed by atoms with van der Waals surface area (Å²) in [6.45, 7) is 5.93. The summed E-state index contributed by atoms with van der Waals surface area (Å²) < 4.78 is 7.77. The Hall–Kier alpha value is -2.92. The van der Waals surface area contributed by atoms with E-state index in [9.17, 15) is 9.59 Å². The quantitative estimate of drug-likeness (QED) is 0.325. The highest BCUT2D eigenvalue weighted by Gasteiger charge is 2.35. The zero-order chi connectivity index (χ0) is 27.1. The first kappa shape index (κ1) is 26.3. The molecule has 1 aromatic carbocycles. The van der Waals surface area contributed by atoms with E-state index >= 15 is 0 Å². The molecule has 202 valence electrons. The molecule has 3 aromatic rings. The van der Waals surface area contributed by atoms with Gasteiger partial charge in [0.05, 0.1) is 23.1 Å². The maximum atomic E-state index is 13.8. The van der Waals surface area contributed by atoms with Crippen molar-refractivity contribution in [2.24, 2.45) is 0 Å². The second kappa shape index (κ2) is 10.9. The molecule has 0 spiro atoms. The lowest BCUT2D eigenvalue weighted by molar-refractivity contribution is -0.123. The first-order valence-corrected chi connectivity index (χ1v) is 14.6. The lowest BCUT2D eigenvalue weighted by atomic mass is 10.2. The summed E-state index contributed by atoms with van der Waals surface area (Å²) in [7, 11) is 0. The summed E-state index contributed by atoms with van der Waals surface area (Å²) in [4.78, 5) is 38.6. The molecule has 1 amide bonds. The number of amides is 1. The number of carbonyl (C=O) groups is 1. The Morgan fingerprint density at radius 2 is 1.95 bits per heavy atom. The minimum atomic E-state index is -0.208. The van der Waals surface area contributed by atoms with Crippen LogP contribution >= 0.6 is 35.6 Å². The summed E-state index contributed by atoms with van der Waals surface area (Å²) in [6.07, 6.45) is 5.30. The number of thioether (sulfide) groups is 1. The van der Waals surface area contributed by atoms with Gasteiger partial charge in [-0.3, -0.25) is 18.9 Å². The second-order valence-electron chi connectivity index (χ2n) is 9.92. The van der Waals surface area contributed by atoms with E-state index in [-0.39, 0.29) is 17.6 Å². The number of carbonyl (C=O) groups excluding carboxylic acids is 1. The maximum absolute atomic E-state index is 13.8. The van der Waals surface area contributed by atoms with Crippen molar-refractivity contribution >= 4 is 69.0 Å². The van der Waals surface area contributed by atoms with E-state index in [0.717, 1.165) is 37.2 Å². The number of nitrogens with zero attached hydrogens (tertiary/aromatic N) is 5. The van der Waals surface area contributed by atoms with E-state index < -0.39 is 0 Å². The zero-order valence-electron chi connectivity index (χ0n) is 21.5. The monoisotopic (exact) mass is 581 g/mol. The third-order valence-corrected chi connectivity index (χ3v) is 8.99. The fraction of sp³-hybridized carbons (Fsp3) is 0.357. The van der Waals surface area contributed by atoms with E-state index in [1.165, 1.54) is 11.8 Å². The summed E-state index contributed by atoms with van der Waals surface area (Å²) >= 11 is 13.0. The standard InChI is InChI=1S/C28H28ClN5O3S2/c1-18-5-3-9-33-24(18)30-25(32-12-10-31(11-13-32)20-7-2-6-19(29)15-20)22(26(33)35)16-23-27(36)34(28(38)39-23)17-21-8-4-14-37-21/h2-3,5-7,9,15-16,21H,4,8,10-14,17H2,1H3/b23-16-/t21-/m0/s1. The lowest BCUT2D eigenvalue weighted by Gasteiger charge is -2.37. The van der Waals surface area contributed by atoms with Crippen molar-refractivity contribution in [3.8, 4) is 0 Å². The van der Waals surface area contributed by atoms with Crippen LogP contribution in [-0.4, -0.2) is 69.9 Å². The second-order valence-corrected chi connectivity index (χ2v) is 12.0. The molecule has 0 aliphatic carbocycles. The number of thiocarbonyl (C=S) groups is 1. The fourth-order valence-electron chi connectivity index (χ4n) is 5.30. The highest BCUT2D eigenvalue weighted by atomic mass is 35.5. The molecule has 0 N–H and O–H groups in total. The van der Waals surface area contributed by atoms with E-state index in [1.54, 1.807) is 21.6 Å². The van der Waals surface area contributed by atoms with Crippen molar-refractivity contribution in [2.45, 2.75) is 25.9 Å². The first-order valence-electron chi connectivity index (χ1n) is 13.0. The van der Waals surface area contributed by atoms with Gasteiger partial charge in [-0.05, 0) is 55.7 Å². The van der Waals surface area contributed by atoms with Gasteiger partial charge in [-0.25, -0.2) is 4.98 Å². The Labute approximate surface area is 241 Å². The van der Waals surface area contributed by atoms with Crippen LogP contribution in [0.25, 0.3) is 11.7 Å². The lowest BCUT2D eigenvalue weighted by Crippen LogP contribution is -2.47. The minimum Gasteiger partial charge on any atom is -0.376 e. The Balaban J connectivity index is 1.35. The Bertz CT molecular complexity index is 1540. The zero-order valence-corrected chi connectivity index (χ0v) is 23.9. The molecule has 1 atom stereocenters. The van der Waals surface area contributed by atoms with Gasteiger partial charge >= 0.3 is 0 Å². The average molecular weight is 582 g/mol. The molecular formula is C28H28ClN5O3S2. The van der Waals surface area contributed by atoms with Crippen LogP contribution in [0.3, 0.4) is 0 Å². The van der Waals surface area contributed by atoms with Gasteiger partial charge in [-0.15, -0.1) is 0 Å². The van der Waals surface area contributed by atoms with Gasteiger partial charge in [-0.1, -0.05) is 47.7 Å². The number of pyridine rings is 1. The number of anilines is 2. The molecule has 0 saturated carbocycles. The molecule has 11 heteroatoms. The number of benzene rings is 1. The van der Waals surface area contributed by atoms with Gasteiger partial charge in [0.1, 0.15) is 15.8 Å². The van der Waals surface area contributed by atoms with Gasteiger partial charge < -0.3 is 14.5 Å². The molecule has 0 radical (unpaired) electrons. The number of fused-ring (bicyclic) bond motifs is 1. The van der Waals surface area contributed by atoms with Crippen LogP contribution < -0.4 is 15.4 Å². The summed E-state index contributed by atoms with van der Waals surface area (Å²) in [5.41, 5.74) is 2.77. The Kier molecular flexibility index (Phi) is 7.37. The molecule has 6 rings (SSSR count). The summed E-state index contributed by atoms with van der Waals surface area (Å²) in [6, 6.07) is 11.6. The first-order chi connectivity index (χ1) is 18.9. The predicted molar refractivity (Wildman–Crippen MR) is 161 cm³/mol. The number of rotatable bonds is 5. The van der Waals surface area contributed by atoms with Gasteiger partial charge in [0.15, 0.2) is 0 Å². The molecule has 3 saturated heterocycles. The summed E-state index contributed by atoms with van der Waals surface area (Å²) in [5, 5.41) is 0.703. The maximum Gasteiger partial charge on any atom is 0.267 e. The number of aromatic nitrogens is 2. The van der Waals surface area contributed by atoms with Crippen molar-refractivity contribution in [3.05, 3.63) is 74.0 Å². The van der Waals surface area contributed by atoms with E-state index in [1.807, 2.05) is 37.3 Å². The molecule has 2 aromatic heterocycles. The number of piperazine rings is 1. The van der Waals surface area contributed by atoms with Gasteiger partial charge in [0.25, 0.3) is 11.5 Å². The fourth-order valence-corrected chi connectivity index (χ4v) is 6.74. The van der Waals surface area contributed by atoms with Crippen molar-refractivity contribution in [3.63, 3.8) is 0 Å². The van der Waals surface area contributed by atoms with Crippen LogP contribution in [0.5, 0.6) is 0 Å². The van der Waals surface area contributed by atoms with E-state index in [2.05, 4.69) is 15.9 Å². The van der Waals surface area contributed by atoms with Gasteiger partial charge in [0, 0.05) is 49.7 Å². The number of halogens is 1. The van der Waals surface area contributed by atoms with Crippen molar-refractivity contribution in [1.82, 2.24) is 14.3 Å². The summed E-state index contributed by atoms with van der Waals surface area (Å²) in [5.74, 6) is 0.399. The van der Waals surface area contributed by atoms with Gasteiger partial charge in [-0.2, -0.15) is 0 Å². The van der Waals surface area contributed by atoms with Crippen molar-refractivity contribution in [1.29, 1.82) is 0 Å². The molecule has 3 fully saturated rings. The van der Waals surface area contributed by atoms with Crippen molar-refractivity contribution < 1.29 is 9.53 Å². The SMILES string of the molecule is Cc1cccn2c(=O)c(/C=C3\SC(=S)N(C[C@@H]4CCCO4)C3=O)c(N3CCN(c4cccc(Cl)c4)CC3)nc12. The normalized spacial score (nSPS) is 21.1. The molecule has 0 bridgehead atoms. The molecule has 8 nitrogen and oxygen atoms in total. The number of hydrogen-bond acceptors (Lipinski definition) is 8. The number of hydrogen-bond donors (Lipinski definition) is 0. The van der Waals surface area contributed by atoms with E-state index in [0.29, 0.717) is 57.5 Å². The highest BCUT2D eigenvalue weighted by Crippen LogP contribution is 2.35. The predicted octanol–water partition coefficient (Wildman–Crippen LogP) is 4.36. The van der Waals surface area contributed by atoms with Crippen molar-refractivity contribution in [2.75, 3.05) is 49.1 Å². The molecule has 0 unspecified atom stereocenters. The average Bonchev–Trinajstić information content (AvgIpc) is 3.55. The third kappa shape index (κ3) is 5.18. The van der Waals surface area contributed by atoms with Crippen LogP contribution in [0.15, 0.2) is 52.3 Å². The number of ether oxygens (including phenoxy) is 1. The van der Waals surface area contributed by atoms with E-state index in [4.69, 9.17) is 33.5 Å². The Morgan fingerprint density at radius 3 is 2.69 bits per heavy atom. The minimum absolute atomic E-state index is 0.00543. The molecule has 3 aliphatic rings. The van der Waals surface area contributed by atoms with Crippen LogP contribution in [0, 0.1) is 6.92 Å². The smallest absolute Gasteiger partial charge is 0.267 e. The molecule has 39 heavy (non-hydrogen) atoms. The molecule has 3 aliphatic heterocycles. The van der Waals surface area contributed by atoms with Gasteiger partial charge in [0.2, 0.25) is 0 Å². The largest absolute Gasteiger partial charge is 0.376 e. The number of aryl methyl sites for hydroxylation is 1. The Morgan fingerprint density at radius 1 is 1.15 bits per heavy atom. The third-order valence-electron chi connectivity index (χ3n) is 7.38. The molecule has 5 heterocycles. The van der Waals surface area contributed by atoms with Crippen LogP contribution in [0.4, 0.5) is 11.5 Å². The topological polar surface area (TPSA) is 70.4 Å². The van der Waals surface area contributed by atoms with Crippen LogP contribution in [0.2, 0.25) is 5.02 Å².